The van der Waals surface area contributed by atoms with Crippen molar-refractivity contribution in [2.75, 3.05) is 42.9 Å². The zero-order valence-electron chi connectivity index (χ0n) is 15.7. The van der Waals surface area contributed by atoms with Crippen molar-refractivity contribution in [3.8, 4) is 0 Å². The van der Waals surface area contributed by atoms with Crippen LogP contribution in [0.15, 0.2) is 42.5 Å². The van der Waals surface area contributed by atoms with Gasteiger partial charge >= 0.3 is 0 Å². The topological polar surface area (TPSA) is 48.5 Å². The van der Waals surface area contributed by atoms with E-state index in [1.165, 1.54) is 10.3 Å². The molecule has 3 aromatic rings. The fourth-order valence-electron chi connectivity index (χ4n) is 3.37. The van der Waals surface area contributed by atoms with Crippen LogP contribution in [0, 0.1) is 13.8 Å². The lowest BCUT2D eigenvalue weighted by atomic mass is 10.1. The smallest absolute Gasteiger partial charge is 0.238 e. The van der Waals surface area contributed by atoms with E-state index >= 15 is 0 Å². The van der Waals surface area contributed by atoms with Crippen molar-refractivity contribution in [2.24, 2.45) is 0 Å². The average Bonchev–Trinajstić information content (AvgIpc) is 3.10. The number of carbonyl (C=O) groups is 1. The molecule has 0 radical (unpaired) electrons. The number of nitrogens with one attached hydrogen (secondary N) is 1. The van der Waals surface area contributed by atoms with Crippen molar-refractivity contribution in [3.05, 3.63) is 53.6 Å². The highest BCUT2D eigenvalue weighted by atomic mass is 32.1. The van der Waals surface area contributed by atoms with Crippen molar-refractivity contribution in [2.45, 2.75) is 13.8 Å². The molecule has 0 aliphatic carbocycles. The van der Waals surface area contributed by atoms with E-state index < -0.39 is 0 Å². The minimum atomic E-state index is 0.0529. The molecule has 1 aromatic heterocycles. The number of benzene rings is 2. The van der Waals surface area contributed by atoms with Gasteiger partial charge in [-0.05, 0) is 43.2 Å². The van der Waals surface area contributed by atoms with Crippen molar-refractivity contribution in [1.29, 1.82) is 0 Å². The van der Waals surface area contributed by atoms with Crippen molar-refractivity contribution in [3.63, 3.8) is 0 Å². The molecule has 0 saturated carbocycles. The molecule has 0 unspecified atom stereocenters. The summed E-state index contributed by atoms with van der Waals surface area (Å²) in [5.41, 5.74) is 4.30. The van der Waals surface area contributed by atoms with Crippen molar-refractivity contribution >= 4 is 38.3 Å². The Morgan fingerprint density at radius 3 is 2.63 bits per heavy atom. The largest absolute Gasteiger partial charge is 0.345 e. The molecular formula is C21H24N4OS. The normalized spacial score (nSPS) is 15.3. The van der Waals surface area contributed by atoms with E-state index in [-0.39, 0.29) is 5.91 Å². The molecule has 2 aromatic carbocycles. The quantitative estimate of drug-likeness (QED) is 0.750. The molecule has 0 bridgehead atoms. The number of thiazole rings is 1. The maximum Gasteiger partial charge on any atom is 0.238 e. The summed E-state index contributed by atoms with van der Waals surface area (Å²) in [5.74, 6) is 0.0529. The van der Waals surface area contributed by atoms with Gasteiger partial charge in [-0.15, -0.1) is 0 Å². The van der Waals surface area contributed by atoms with Crippen LogP contribution in [0.3, 0.4) is 0 Å². The van der Waals surface area contributed by atoms with E-state index in [1.807, 2.05) is 25.1 Å². The monoisotopic (exact) mass is 380 g/mol. The number of hydrogen-bond donors (Lipinski definition) is 1. The number of rotatable bonds is 4. The van der Waals surface area contributed by atoms with Gasteiger partial charge in [-0.25, -0.2) is 4.98 Å². The van der Waals surface area contributed by atoms with Crippen LogP contribution in [-0.4, -0.2) is 48.5 Å². The molecule has 6 heteroatoms. The van der Waals surface area contributed by atoms with Gasteiger partial charge in [0.2, 0.25) is 5.91 Å². The summed E-state index contributed by atoms with van der Waals surface area (Å²) in [7, 11) is 0. The molecule has 2 heterocycles. The van der Waals surface area contributed by atoms with E-state index in [4.69, 9.17) is 4.98 Å². The highest BCUT2D eigenvalue weighted by Crippen LogP contribution is 2.29. The van der Waals surface area contributed by atoms with Gasteiger partial charge in [0.05, 0.1) is 16.8 Å². The van der Waals surface area contributed by atoms with E-state index in [1.54, 1.807) is 11.3 Å². The molecule has 1 saturated heterocycles. The summed E-state index contributed by atoms with van der Waals surface area (Å²) < 4.78 is 1.22. The van der Waals surface area contributed by atoms with Crippen LogP contribution in [0.25, 0.3) is 10.2 Å². The van der Waals surface area contributed by atoms with Crippen LogP contribution >= 0.6 is 11.3 Å². The Morgan fingerprint density at radius 1 is 1.07 bits per heavy atom. The fourth-order valence-corrected chi connectivity index (χ4v) is 4.39. The Morgan fingerprint density at radius 2 is 1.85 bits per heavy atom. The summed E-state index contributed by atoms with van der Waals surface area (Å²) in [6.07, 6.45) is 0. The lowest BCUT2D eigenvalue weighted by molar-refractivity contribution is -0.117. The Kier molecular flexibility index (Phi) is 5.09. The zero-order chi connectivity index (χ0) is 18.8. The second-order valence-corrected chi connectivity index (χ2v) is 8.03. The summed E-state index contributed by atoms with van der Waals surface area (Å²) >= 11 is 1.74. The molecule has 0 spiro atoms. The molecule has 1 amide bonds. The first-order valence-electron chi connectivity index (χ1n) is 9.29. The van der Waals surface area contributed by atoms with E-state index in [2.05, 4.69) is 46.3 Å². The van der Waals surface area contributed by atoms with Crippen LogP contribution in [0.4, 0.5) is 10.8 Å². The summed E-state index contributed by atoms with van der Waals surface area (Å²) in [6, 6.07) is 14.3. The van der Waals surface area contributed by atoms with Crippen LogP contribution in [-0.2, 0) is 4.79 Å². The maximum atomic E-state index is 12.4. The number of anilines is 2. The van der Waals surface area contributed by atoms with Gasteiger partial charge in [-0.3, -0.25) is 9.69 Å². The fraction of sp³-hybridized carbons (Fsp3) is 0.333. The molecule has 4 rings (SSSR count). The van der Waals surface area contributed by atoms with Crippen LogP contribution in [0.1, 0.15) is 11.1 Å². The van der Waals surface area contributed by atoms with Crippen LogP contribution in [0.2, 0.25) is 0 Å². The third-order valence-electron chi connectivity index (χ3n) is 5.17. The van der Waals surface area contributed by atoms with Gasteiger partial charge in [0.15, 0.2) is 5.13 Å². The lowest BCUT2D eigenvalue weighted by Gasteiger charge is -2.34. The van der Waals surface area contributed by atoms with E-state index in [0.29, 0.717) is 6.54 Å². The first-order chi connectivity index (χ1) is 13.1. The highest BCUT2D eigenvalue weighted by Gasteiger charge is 2.21. The second kappa shape index (κ2) is 7.66. The number of piperazine rings is 1. The Bertz CT molecular complexity index is 927. The molecule has 1 N–H and O–H groups in total. The SMILES string of the molecule is Cc1cccc(NC(=O)CN2CCN(c3nc4ccccc4s3)CC2)c1C. The minimum absolute atomic E-state index is 0.0529. The number of carbonyl (C=O) groups excluding carboxylic acids is 1. The summed E-state index contributed by atoms with van der Waals surface area (Å²) in [6.45, 7) is 8.08. The number of aryl methyl sites for hydroxylation is 1. The number of nitrogens with zero attached hydrogens (tertiary/aromatic N) is 3. The third kappa shape index (κ3) is 3.96. The van der Waals surface area contributed by atoms with Crippen LogP contribution < -0.4 is 10.2 Å². The minimum Gasteiger partial charge on any atom is -0.345 e. The molecule has 140 valence electrons. The van der Waals surface area contributed by atoms with Gasteiger partial charge in [0.1, 0.15) is 0 Å². The number of fused-ring (bicyclic) bond motifs is 1. The Labute approximate surface area is 163 Å². The number of amides is 1. The molecule has 1 fully saturated rings. The predicted octanol–water partition coefficient (Wildman–Crippen LogP) is 3.67. The van der Waals surface area contributed by atoms with Crippen LogP contribution in [0.5, 0.6) is 0 Å². The first kappa shape index (κ1) is 17.9. The molecule has 1 aliphatic rings. The molecule has 1 aliphatic heterocycles. The van der Waals surface area contributed by atoms with Gasteiger partial charge in [0, 0.05) is 31.9 Å². The molecular weight excluding hydrogens is 356 g/mol. The molecule has 27 heavy (non-hydrogen) atoms. The highest BCUT2D eigenvalue weighted by molar-refractivity contribution is 7.22. The Balaban J connectivity index is 1.32. The van der Waals surface area contributed by atoms with Crippen molar-refractivity contribution < 1.29 is 4.79 Å². The first-order valence-corrected chi connectivity index (χ1v) is 10.1. The number of aromatic nitrogens is 1. The molecule has 5 nitrogen and oxygen atoms in total. The number of hydrogen-bond acceptors (Lipinski definition) is 5. The second-order valence-electron chi connectivity index (χ2n) is 7.02. The lowest BCUT2D eigenvalue weighted by Crippen LogP contribution is -2.48. The number of para-hydroxylation sites is 1. The van der Waals surface area contributed by atoms with Crippen molar-refractivity contribution in [1.82, 2.24) is 9.88 Å². The van der Waals surface area contributed by atoms with Gasteiger partial charge in [-0.2, -0.15) is 0 Å². The maximum absolute atomic E-state index is 12.4. The van der Waals surface area contributed by atoms with Gasteiger partial charge < -0.3 is 10.2 Å². The standard InChI is InChI=1S/C21H24N4OS/c1-15-6-5-8-17(16(15)2)22-20(26)14-24-10-12-25(13-11-24)21-23-18-7-3-4-9-19(18)27-21/h3-9H,10-14H2,1-2H3,(H,22,26). The van der Waals surface area contributed by atoms with Gasteiger partial charge in [0.25, 0.3) is 0 Å². The predicted molar refractivity (Wildman–Crippen MR) is 113 cm³/mol. The zero-order valence-corrected chi connectivity index (χ0v) is 16.6. The summed E-state index contributed by atoms with van der Waals surface area (Å²) in [4.78, 5) is 21.7. The third-order valence-corrected chi connectivity index (χ3v) is 6.27. The van der Waals surface area contributed by atoms with E-state index in [0.717, 1.165) is 48.1 Å². The summed E-state index contributed by atoms with van der Waals surface area (Å²) in [5, 5.41) is 4.13. The average molecular weight is 381 g/mol. The van der Waals surface area contributed by atoms with E-state index in [9.17, 15) is 4.79 Å². The van der Waals surface area contributed by atoms with Gasteiger partial charge in [-0.1, -0.05) is 35.6 Å². The Hall–Kier alpha value is -2.44. The molecule has 0 atom stereocenters.